The van der Waals surface area contributed by atoms with Crippen molar-refractivity contribution in [3.8, 4) is 11.6 Å². The van der Waals surface area contributed by atoms with Gasteiger partial charge in [0.2, 0.25) is 5.88 Å². The first-order valence-corrected chi connectivity index (χ1v) is 9.85. The van der Waals surface area contributed by atoms with Crippen LogP contribution in [0.1, 0.15) is 32.0 Å². The normalized spacial score (nSPS) is 12.2. The summed E-state index contributed by atoms with van der Waals surface area (Å²) in [4.78, 5) is 0.0530. The monoisotopic (exact) mass is 388 g/mol. The summed E-state index contributed by atoms with van der Waals surface area (Å²) in [6.45, 7) is 7.75. The van der Waals surface area contributed by atoms with E-state index in [2.05, 4.69) is 5.10 Å². The number of nitrogens with zero attached hydrogens (tertiary/aromatic N) is 2. The number of halogens is 1. The summed E-state index contributed by atoms with van der Waals surface area (Å²) >= 11 is 0. The Balaban J connectivity index is 2.07. The fraction of sp³-hybridized carbons (Fsp3) is 0.250. The first kappa shape index (κ1) is 19.1. The minimum Gasteiger partial charge on any atom is -0.358 e. The fourth-order valence-corrected chi connectivity index (χ4v) is 3.33. The summed E-state index contributed by atoms with van der Waals surface area (Å²) in [5.74, 6) is -0.344. The van der Waals surface area contributed by atoms with Crippen LogP contribution in [0.15, 0.2) is 59.5 Å². The highest BCUT2D eigenvalue weighted by Crippen LogP contribution is 2.29. The lowest BCUT2D eigenvalue weighted by Gasteiger charge is -2.13. The fourth-order valence-electron chi connectivity index (χ4n) is 2.42. The highest BCUT2D eigenvalue weighted by atomic mass is 32.2. The number of aryl methyl sites for hydroxylation is 1. The Morgan fingerprint density at radius 3 is 2.15 bits per heavy atom. The topological polar surface area (TPSA) is 61.2 Å². The first-order valence-electron chi connectivity index (χ1n) is 8.44. The number of rotatable bonds is 4. The van der Waals surface area contributed by atoms with E-state index in [0.29, 0.717) is 11.4 Å². The molecule has 0 radical (unpaired) electrons. The van der Waals surface area contributed by atoms with E-state index < -0.39 is 15.9 Å². The van der Waals surface area contributed by atoms with Crippen molar-refractivity contribution in [2.24, 2.45) is 0 Å². The third-order valence-corrected chi connectivity index (χ3v) is 5.26. The zero-order chi connectivity index (χ0) is 19.8. The van der Waals surface area contributed by atoms with Crippen molar-refractivity contribution in [3.05, 3.63) is 71.7 Å². The first-order chi connectivity index (χ1) is 12.6. The summed E-state index contributed by atoms with van der Waals surface area (Å²) in [6, 6.07) is 13.6. The quantitative estimate of drug-likeness (QED) is 0.622. The average Bonchev–Trinajstić information content (AvgIpc) is 2.99. The Morgan fingerprint density at radius 2 is 1.59 bits per heavy atom. The lowest BCUT2D eigenvalue weighted by Crippen LogP contribution is -2.13. The van der Waals surface area contributed by atoms with Gasteiger partial charge in [0.15, 0.2) is 0 Å². The molecule has 0 spiro atoms. The number of hydrogen-bond acceptors (Lipinski definition) is 4. The van der Waals surface area contributed by atoms with E-state index in [-0.39, 0.29) is 16.2 Å². The van der Waals surface area contributed by atoms with Crippen molar-refractivity contribution in [1.82, 2.24) is 9.78 Å². The van der Waals surface area contributed by atoms with Gasteiger partial charge >= 0.3 is 10.1 Å². The second-order valence-corrected chi connectivity index (χ2v) is 8.90. The van der Waals surface area contributed by atoms with Crippen LogP contribution in [0.3, 0.4) is 0 Å². The summed E-state index contributed by atoms with van der Waals surface area (Å²) in [5.41, 5.74) is 1.78. The van der Waals surface area contributed by atoms with E-state index >= 15 is 0 Å². The Kier molecular flexibility index (Phi) is 4.82. The van der Waals surface area contributed by atoms with Crippen molar-refractivity contribution in [1.29, 1.82) is 0 Å². The molecule has 0 aliphatic heterocycles. The number of hydrogen-bond donors (Lipinski definition) is 0. The third-order valence-electron chi connectivity index (χ3n) is 4.02. The molecule has 0 amide bonds. The predicted molar refractivity (Wildman–Crippen MR) is 101 cm³/mol. The van der Waals surface area contributed by atoms with Crippen LogP contribution < -0.4 is 4.18 Å². The number of aromatic nitrogens is 2. The zero-order valence-electron chi connectivity index (χ0n) is 15.6. The maximum atomic E-state index is 13.3. The highest BCUT2D eigenvalue weighted by molar-refractivity contribution is 7.87. The van der Waals surface area contributed by atoms with E-state index in [1.54, 1.807) is 18.2 Å². The largest absolute Gasteiger partial charge is 0.358 e. The van der Waals surface area contributed by atoms with Crippen molar-refractivity contribution >= 4 is 10.1 Å². The van der Waals surface area contributed by atoms with Crippen LogP contribution in [-0.4, -0.2) is 18.2 Å². The standard InChI is InChI=1S/C20H21FN2O3S/c1-14-5-11-17(12-6-14)27(24,25)26-19-13-18(20(2,3)4)22-23(19)16-9-7-15(21)8-10-16/h5-13H,1-4H3. The van der Waals surface area contributed by atoms with Crippen LogP contribution in [0.25, 0.3) is 5.69 Å². The van der Waals surface area contributed by atoms with E-state index in [1.165, 1.54) is 41.1 Å². The lowest BCUT2D eigenvalue weighted by atomic mass is 9.93. The van der Waals surface area contributed by atoms with Gasteiger partial charge in [0, 0.05) is 11.5 Å². The molecule has 0 aliphatic carbocycles. The maximum absolute atomic E-state index is 13.3. The van der Waals surface area contributed by atoms with Crippen LogP contribution >= 0.6 is 0 Å². The SMILES string of the molecule is Cc1ccc(S(=O)(=O)Oc2cc(C(C)(C)C)nn2-c2ccc(F)cc2)cc1. The molecule has 5 nitrogen and oxygen atoms in total. The molecule has 27 heavy (non-hydrogen) atoms. The van der Waals surface area contributed by atoms with Gasteiger partial charge in [-0.05, 0) is 43.3 Å². The van der Waals surface area contributed by atoms with E-state index in [1.807, 2.05) is 27.7 Å². The Hall–Kier alpha value is -2.67. The molecule has 0 aliphatic rings. The van der Waals surface area contributed by atoms with Crippen molar-refractivity contribution in [2.45, 2.75) is 38.0 Å². The molecule has 3 rings (SSSR count). The molecular weight excluding hydrogens is 367 g/mol. The van der Waals surface area contributed by atoms with Gasteiger partial charge in [-0.1, -0.05) is 38.5 Å². The zero-order valence-corrected chi connectivity index (χ0v) is 16.4. The second-order valence-electron chi connectivity index (χ2n) is 7.36. The maximum Gasteiger partial charge on any atom is 0.340 e. The minimum atomic E-state index is -4.04. The Bertz CT molecular complexity index is 1050. The molecule has 0 bridgehead atoms. The van der Waals surface area contributed by atoms with Crippen molar-refractivity contribution in [3.63, 3.8) is 0 Å². The van der Waals surface area contributed by atoms with E-state index in [0.717, 1.165) is 5.56 Å². The molecule has 0 fully saturated rings. The number of benzene rings is 2. The molecule has 3 aromatic rings. The molecule has 1 heterocycles. The van der Waals surface area contributed by atoms with Gasteiger partial charge in [-0.15, -0.1) is 0 Å². The summed E-state index contributed by atoms with van der Waals surface area (Å²) < 4.78 is 45.4. The summed E-state index contributed by atoms with van der Waals surface area (Å²) in [6.07, 6.45) is 0. The molecule has 7 heteroatoms. The van der Waals surface area contributed by atoms with E-state index in [4.69, 9.17) is 4.18 Å². The third kappa shape index (κ3) is 4.19. The molecule has 2 aromatic carbocycles. The molecule has 0 atom stereocenters. The molecule has 0 saturated heterocycles. The van der Waals surface area contributed by atoms with Gasteiger partial charge < -0.3 is 4.18 Å². The Labute approximate surface area is 158 Å². The van der Waals surface area contributed by atoms with Gasteiger partial charge in [0.25, 0.3) is 0 Å². The average molecular weight is 388 g/mol. The molecule has 1 aromatic heterocycles. The summed E-state index contributed by atoms with van der Waals surface area (Å²) in [5, 5.41) is 4.48. The van der Waals surface area contributed by atoms with Gasteiger partial charge in [0.1, 0.15) is 10.7 Å². The molecule has 0 saturated carbocycles. The van der Waals surface area contributed by atoms with E-state index in [9.17, 15) is 12.8 Å². The van der Waals surface area contributed by atoms with Gasteiger partial charge in [-0.25, -0.2) is 4.39 Å². The molecule has 142 valence electrons. The lowest BCUT2D eigenvalue weighted by molar-refractivity contribution is 0.464. The van der Waals surface area contributed by atoms with Crippen molar-refractivity contribution in [2.75, 3.05) is 0 Å². The van der Waals surface area contributed by atoms with Crippen LogP contribution in [0.4, 0.5) is 4.39 Å². The highest BCUT2D eigenvalue weighted by Gasteiger charge is 2.25. The van der Waals surface area contributed by atoms with Crippen LogP contribution in [0, 0.1) is 12.7 Å². The second kappa shape index (κ2) is 6.81. The van der Waals surface area contributed by atoms with Gasteiger partial charge in [-0.2, -0.15) is 18.2 Å². The minimum absolute atomic E-state index is 0.0482. The predicted octanol–water partition coefficient (Wildman–Crippen LogP) is 4.39. The molecular formula is C20H21FN2O3S. The van der Waals surface area contributed by atoms with Crippen LogP contribution in [0.2, 0.25) is 0 Å². The van der Waals surface area contributed by atoms with Gasteiger partial charge in [0.05, 0.1) is 11.4 Å². The molecule has 0 unspecified atom stereocenters. The smallest absolute Gasteiger partial charge is 0.340 e. The Morgan fingerprint density at radius 1 is 1.00 bits per heavy atom. The summed E-state index contributed by atoms with van der Waals surface area (Å²) in [7, 11) is -4.04. The van der Waals surface area contributed by atoms with Crippen LogP contribution in [-0.2, 0) is 15.5 Å². The van der Waals surface area contributed by atoms with Gasteiger partial charge in [-0.3, -0.25) is 0 Å². The van der Waals surface area contributed by atoms with Crippen molar-refractivity contribution < 1.29 is 17.0 Å². The molecule has 0 N–H and O–H groups in total. The van der Waals surface area contributed by atoms with Crippen LogP contribution in [0.5, 0.6) is 5.88 Å².